The molecule has 1 amide bonds. The number of amides is 1. The highest BCUT2D eigenvalue weighted by atomic mass is 16.1. The minimum atomic E-state index is 0.412. The minimum absolute atomic E-state index is 0.412. The molecule has 1 saturated heterocycles. The van der Waals surface area contributed by atoms with Crippen LogP contribution in [0.1, 0.15) is 30.7 Å². The summed E-state index contributed by atoms with van der Waals surface area (Å²) in [7, 11) is 1.98. The third-order valence-electron chi connectivity index (χ3n) is 5.17. The van der Waals surface area contributed by atoms with Gasteiger partial charge in [-0.2, -0.15) is 5.10 Å². The molecular weight excluding hydrogens is 250 g/mol. The van der Waals surface area contributed by atoms with Crippen molar-refractivity contribution in [1.29, 1.82) is 0 Å². The summed E-state index contributed by atoms with van der Waals surface area (Å²) in [5, 5.41) is 5.54. The molecule has 2 heterocycles. The molecule has 1 atom stereocenters. The number of likely N-dealkylation sites (tertiary alicyclic amines) is 1. The maximum absolute atomic E-state index is 10.7. The topological polar surface area (TPSA) is 38.1 Å². The van der Waals surface area contributed by atoms with E-state index < -0.39 is 0 Å². The van der Waals surface area contributed by atoms with Crippen molar-refractivity contribution in [3.8, 4) is 0 Å². The highest BCUT2D eigenvalue weighted by molar-refractivity contribution is 5.79. The fraction of sp³-hybridized carbons (Fsp3) is 0.500. The van der Waals surface area contributed by atoms with Crippen LogP contribution in [0.4, 0.5) is 0 Å². The molecule has 0 N–H and O–H groups in total. The Kier molecular flexibility index (Phi) is 2.43. The number of nitrogens with zero attached hydrogens (tertiary/aromatic N) is 3. The second-order valence-corrected chi connectivity index (χ2v) is 6.54. The zero-order valence-corrected chi connectivity index (χ0v) is 11.7. The molecule has 1 aromatic heterocycles. The Hall–Kier alpha value is -1.84. The molecular formula is C16H19N3O. The van der Waals surface area contributed by atoms with Crippen LogP contribution in [0.2, 0.25) is 0 Å². The number of hydrogen-bond acceptors (Lipinski definition) is 2. The van der Waals surface area contributed by atoms with Gasteiger partial charge in [0.25, 0.3) is 0 Å². The minimum Gasteiger partial charge on any atom is -0.344 e. The number of benzene rings is 1. The summed E-state index contributed by atoms with van der Waals surface area (Å²) in [5.74, 6) is 0.647. The Morgan fingerprint density at radius 1 is 1.40 bits per heavy atom. The van der Waals surface area contributed by atoms with Gasteiger partial charge in [0.2, 0.25) is 6.41 Å². The van der Waals surface area contributed by atoms with Gasteiger partial charge in [-0.1, -0.05) is 6.07 Å². The number of carbonyl (C=O) groups excluding carboxylic acids is 1. The van der Waals surface area contributed by atoms with E-state index in [1.807, 2.05) is 22.8 Å². The fourth-order valence-corrected chi connectivity index (χ4v) is 4.10. The zero-order valence-electron chi connectivity index (χ0n) is 11.7. The fourth-order valence-electron chi connectivity index (χ4n) is 4.10. The molecule has 4 heteroatoms. The number of aryl methyl sites for hydroxylation is 1. The van der Waals surface area contributed by atoms with E-state index in [0.717, 1.165) is 19.5 Å². The number of hydrogen-bond donors (Lipinski definition) is 0. The van der Waals surface area contributed by atoms with Gasteiger partial charge in [-0.25, -0.2) is 0 Å². The van der Waals surface area contributed by atoms with Crippen LogP contribution in [0.25, 0.3) is 10.9 Å². The quantitative estimate of drug-likeness (QED) is 0.785. The third-order valence-corrected chi connectivity index (χ3v) is 5.17. The second-order valence-electron chi connectivity index (χ2n) is 6.54. The van der Waals surface area contributed by atoms with Crippen LogP contribution in [0.5, 0.6) is 0 Å². The Balaban J connectivity index is 1.57. The van der Waals surface area contributed by atoms with Gasteiger partial charge in [-0.3, -0.25) is 9.48 Å². The highest BCUT2D eigenvalue weighted by Gasteiger charge is 2.47. The van der Waals surface area contributed by atoms with Crippen LogP contribution in [-0.4, -0.2) is 34.2 Å². The summed E-state index contributed by atoms with van der Waals surface area (Å²) in [5.41, 5.74) is 3.04. The van der Waals surface area contributed by atoms with Crippen molar-refractivity contribution < 1.29 is 4.79 Å². The summed E-state index contributed by atoms with van der Waals surface area (Å²) in [6, 6.07) is 6.73. The van der Waals surface area contributed by atoms with Gasteiger partial charge in [0.1, 0.15) is 0 Å². The number of fused-ring (bicyclic) bond motifs is 1. The van der Waals surface area contributed by atoms with Gasteiger partial charge in [0.15, 0.2) is 0 Å². The van der Waals surface area contributed by atoms with E-state index in [2.05, 4.69) is 23.3 Å². The van der Waals surface area contributed by atoms with E-state index in [-0.39, 0.29) is 0 Å². The van der Waals surface area contributed by atoms with E-state index in [1.54, 1.807) is 0 Å². The van der Waals surface area contributed by atoms with Gasteiger partial charge >= 0.3 is 0 Å². The molecule has 1 aliphatic carbocycles. The van der Waals surface area contributed by atoms with Crippen LogP contribution in [-0.2, 0) is 11.8 Å². The first-order valence-corrected chi connectivity index (χ1v) is 7.30. The van der Waals surface area contributed by atoms with Crippen LogP contribution < -0.4 is 0 Å². The van der Waals surface area contributed by atoms with Crippen molar-refractivity contribution in [1.82, 2.24) is 14.7 Å². The predicted octanol–water partition coefficient (Wildman–Crippen LogP) is 2.30. The van der Waals surface area contributed by atoms with Crippen molar-refractivity contribution in [2.45, 2.75) is 25.2 Å². The molecule has 1 spiro atoms. The molecule has 2 aliphatic rings. The van der Waals surface area contributed by atoms with E-state index in [9.17, 15) is 4.79 Å². The second kappa shape index (κ2) is 4.08. The molecule has 1 saturated carbocycles. The largest absolute Gasteiger partial charge is 0.344 e. The number of carbonyl (C=O) groups is 1. The predicted molar refractivity (Wildman–Crippen MR) is 77.4 cm³/mol. The van der Waals surface area contributed by atoms with Crippen LogP contribution >= 0.6 is 0 Å². The molecule has 0 bridgehead atoms. The lowest BCUT2D eigenvalue weighted by molar-refractivity contribution is -0.129. The summed E-state index contributed by atoms with van der Waals surface area (Å²) in [6.07, 6.45) is 6.66. The molecule has 104 valence electrons. The molecule has 20 heavy (non-hydrogen) atoms. The van der Waals surface area contributed by atoms with Gasteiger partial charge in [0, 0.05) is 30.9 Å². The van der Waals surface area contributed by atoms with Crippen LogP contribution in [0.15, 0.2) is 24.4 Å². The molecule has 4 rings (SSSR count). The summed E-state index contributed by atoms with van der Waals surface area (Å²) in [4.78, 5) is 12.6. The van der Waals surface area contributed by atoms with Crippen molar-refractivity contribution in [3.63, 3.8) is 0 Å². The molecule has 0 radical (unpaired) electrons. The Bertz CT molecular complexity index is 669. The third kappa shape index (κ3) is 1.67. The van der Waals surface area contributed by atoms with Crippen molar-refractivity contribution in [3.05, 3.63) is 30.0 Å². The molecule has 4 nitrogen and oxygen atoms in total. The normalized spacial score (nSPS) is 24.2. The summed E-state index contributed by atoms with van der Waals surface area (Å²) < 4.78 is 1.92. The summed E-state index contributed by atoms with van der Waals surface area (Å²) >= 11 is 0. The molecule has 1 aliphatic heterocycles. The lowest BCUT2D eigenvalue weighted by Gasteiger charge is -2.46. The van der Waals surface area contributed by atoms with E-state index in [4.69, 9.17) is 0 Å². The van der Waals surface area contributed by atoms with Crippen LogP contribution in [0.3, 0.4) is 0 Å². The average Bonchev–Trinajstić information content (AvgIpc) is 3.01. The standard InChI is InChI=1S/C16H19N3O/c1-18-15-3-2-12(6-14(15)8-17-18)13-4-5-16(7-13)9-19(10-16)11-20/h2-3,6,8,11,13H,4-5,7,9-10H2,1H3. The van der Waals surface area contributed by atoms with Crippen molar-refractivity contribution >= 4 is 17.3 Å². The van der Waals surface area contributed by atoms with Crippen molar-refractivity contribution in [2.75, 3.05) is 13.1 Å². The average molecular weight is 269 g/mol. The molecule has 2 aromatic rings. The lowest BCUT2D eigenvalue weighted by Crippen LogP contribution is -2.54. The van der Waals surface area contributed by atoms with E-state index >= 15 is 0 Å². The Labute approximate surface area is 118 Å². The smallest absolute Gasteiger partial charge is 0.209 e. The number of aromatic nitrogens is 2. The maximum Gasteiger partial charge on any atom is 0.209 e. The van der Waals surface area contributed by atoms with E-state index in [0.29, 0.717) is 11.3 Å². The Morgan fingerprint density at radius 3 is 3.05 bits per heavy atom. The monoisotopic (exact) mass is 269 g/mol. The first kappa shape index (κ1) is 11.9. The molecule has 1 aromatic carbocycles. The molecule has 2 fully saturated rings. The first-order valence-electron chi connectivity index (χ1n) is 7.30. The SMILES string of the molecule is Cn1ncc2cc(C3CCC4(C3)CN(C=O)C4)ccc21. The summed E-state index contributed by atoms with van der Waals surface area (Å²) in [6.45, 7) is 1.92. The maximum atomic E-state index is 10.7. The Morgan fingerprint density at radius 2 is 2.25 bits per heavy atom. The van der Waals surface area contributed by atoms with Gasteiger partial charge in [0.05, 0.1) is 11.7 Å². The first-order chi connectivity index (χ1) is 9.69. The number of rotatable bonds is 2. The highest BCUT2D eigenvalue weighted by Crippen LogP contribution is 2.51. The van der Waals surface area contributed by atoms with Crippen LogP contribution in [0, 0.1) is 5.41 Å². The zero-order chi connectivity index (χ0) is 13.7. The molecule has 1 unspecified atom stereocenters. The van der Waals surface area contributed by atoms with E-state index in [1.165, 1.54) is 35.7 Å². The van der Waals surface area contributed by atoms with Gasteiger partial charge < -0.3 is 4.90 Å². The van der Waals surface area contributed by atoms with Gasteiger partial charge in [-0.05, 0) is 42.9 Å². The van der Waals surface area contributed by atoms with Crippen molar-refractivity contribution in [2.24, 2.45) is 12.5 Å². The van der Waals surface area contributed by atoms with Gasteiger partial charge in [-0.15, -0.1) is 0 Å². The lowest BCUT2D eigenvalue weighted by atomic mass is 9.77.